The van der Waals surface area contributed by atoms with E-state index in [4.69, 9.17) is 21.3 Å². The lowest BCUT2D eigenvalue weighted by atomic mass is 9.72. The zero-order valence-corrected chi connectivity index (χ0v) is 17.9. The summed E-state index contributed by atoms with van der Waals surface area (Å²) in [6, 6.07) is 14.7. The number of rotatable bonds is 5. The van der Waals surface area contributed by atoms with E-state index in [-0.39, 0.29) is 5.41 Å². The molecule has 1 N–H and O–H groups in total. The number of benzene rings is 2. The highest BCUT2D eigenvalue weighted by atomic mass is 35.5. The fourth-order valence-corrected chi connectivity index (χ4v) is 5.76. The first-order valence-electron chi connectivity index (χ1n) is 9.94. The van der Waals surface area contributed by atoms with E-state index in [0.29, 0.717) is 6.54 Å². The molecule has 4 rings (SSSR count). The van der Waals surface area contributed by atoms with Crippen LogP contribution in [0.5, 0.6) is 0 Å². The molecule has 2 heterocycles. The molecule has 0 radical (unpaired) electrons. The van der Waals surface area contributed by atoms with Gasteiger partial charge in [-0.05, 0) is 66.0 Å². The molecule has 0 aliphatic carbocycles. The molecule has 28 heavy (non-hydrogen) atoms. The first-order chi connectivity index (χ1) is 13.7. The fourth-order valence-electron chi connectivity index (χ4n) is 4.27. The van der Waals surface area contributed by atoms with Crippen LogP contribution in [-0.4, -0.2) is 31.1 Å². The summed E-state index contributed by atoms with van der Waals surface area (Å²) in [4.78, 5) is 5.10. The average Bonchev–Trinajstić information content (AvgIpc) is 2.71. The summed E-state index contributed by atoms with van der Waals surface area (Å²) in [7, 11) is 1.76. The minimum atomic E-state index is 0.136. The second kappa shape index (κ2) is 8.89. The molecule has 148 valence electrons. The first-order valence-corrected chi connectivity index (χ1v) is 11.5. The van der Waals surface area contributed by atoms with Crippen LogP contribution in [0.1, 0.15) is 29.5 Å². The molecule has 0 aromatic heterocycles. The Balaban J connectivity index is 1.67. The summed E-state index contributed by atoms with van der Waals surface area (Å²) < 4.78 is 5.32. The van der Waals surface area contributed by atoms with Crippen LogP contribution in [0.4, 0.5) is 5.69 Å². The fraction of sp³-hybridized carbons (Fsp3) is 0.435. The third-order valence-corrected chi connectivity index (χ3v) is 7.07. The van der Waals surface area contributed by atoms with Crippen molar-refractivity contribution in [1.29, 1.82) is 0 Å². The lowest BCUT2D eigenvalue weighted by molar-refractivity contribution is 0.202. The van der Waals surface area contributed by atoms with Gasteiger partial charge in [0.15, 0.2) is 0 Å². The van der Waals surface area contributed by atoms with Crippen LogP contribution in [0.3, 0.4) is 0 Å². The number of ether oxygens (including phenoxy) is 1. The zero-order valence-electron chi connectivity index (χ0n) is 16.3. The molecule has 1 fully saturated rings. The van der Waals surface area contributed by atoms with Gasteiger partial charge in [-0.25, -0.2) is 0 Å². The molecule has 1 spiro atoms. The van der Waals surface area contributed by atoms with E-state index in [1.807, 2.05) is 18.2 Å². The van der Waals surface area contributed by atoms with Gasteiger partial charge >= 0.3 is 0 Å². The summed E-state index contributed by atoms with van der Waals surface area (Å²) in [5, 5.41) is 4.54. The SMILES string of the molecule is COCCc1cccc2c1NC(=NCc1cccc(Cl)c1)C1(CCSCC1)C2. The highest BCUT2D eigenvalue weighted by molar-refractivity contribution is 7.99. The van der Waals surface area contributed by atoms with Gasteiger partial charge in [0, 0.05) is 23.2 Å². The predicted molar refractivity (Wildman–Crippen MR) is 121 cm³/mol. The molecule has 0 atom stereocenters. The number of methoxy groups -OCH3 is 1. The monoisotopic (exact) mass is 414 g/mol. The second-order valence-corrected chi connectivity index (χ2v) is 9.34. The number of aliphatic imine (C=N–C) groups is 1. The van der Waals surface area contributed by atoms with Gasteiger partial charge in [0.05, 0.1) is 13.2 Å². The predicted octanol–water partition coefficient (Wildman–Crippen LogP) is 5.61. The lowest BCUT2D eigenvalue weighted by Crippen LogP contribution is -2.45. The van der Waals surface area contributed by atoms with Crippen molar-refractivity contribution in [1.82, 2.24) is 0 Å². The molecule has 2 aromatic carbocycles. The first kappa shape index (κ1) is 19.8. The molecule has 1 saturated heterocycles. The van der Waals surface area contributed by atoms with E-state index in [1.165, 1.54) is 41.2 Å². The number of amidine groups is 1. The molecule has 2 aromatic rings. The summed E-state index contributed by atoms with van der Waals surface area (Å²) in [6.45, 7) is 1.39. The highest BCUT2D eigenvalue weighted by Gasteiger charge is 2.41. The Bertz CT molecular complexity index is 861. The van der Waals surface area contributed by atoms with Crippen molar-refractivity contribution < 1.29 is 4.74 Å². The minimum absolute atomic E-state index is 0.136. The van der Waals surface area contributed by atoms with E-state index in [2.05, 4.69) is 41.3 Å². The van der Waals surface area contributed by atoms with Crippen molar-refractivity contribution in [2.75, 3.05) is 30.5 Å². The van der Waals surface area contributed by atoms with Crippen LogP contribution in [0.25, 0.3) is 0 Å². The lowest BCUT2D eigenvalue weighted by Gasteiger charge is -2.43. The molecule has 0 saturated carbocycles. The average molecular weight is 415 g/mol. The van der Waals surface area contributed by atoms with Gasteiger partial charge < -0.3 is 10.1 Å². The molecule has 5 heteroatoms. The largest absolute Gasteiger partial charge is 0.384 e. The smallest absolute Gasteiger partial charge is 0.108 e. The maximum atomic E-state index is 6.17. The Kier molecular flexibility index (Phi) is 6.29. The number of fused-ring (bicyclic) bond motifs is 1. The van der Waals surface area contributed by atoms with E-state index in [1.54, 1.807) is 7.11 Å². The third kappa shape index (κ3) is 4.24. The maximum absolute atomic E-state index is 6.17. The third-order valence-electron chi connectivity index (χ3n) is 5.85. The summed E-state index contributed by atoms with van der Waals surface area (Å²) in [5.74, 6) is 3.57. The van der Waals surface area contributed by atoms with Crippen molar-refractivity contribution in [2.45, 2.75) is 32.2 Å². The maximum Gasteiger partial charge on any atom is 0.108 e. The summed E-state index contributed by atoms with van der Waals surface area (Å²) in [5.41, 5.74) is 5.27. The molecular weight excluding hydrogens is 388 g/mol. The highest BCUT2D eigenvalue weighted by Crippen LogP contribution is 2.45. The Morgan fingerprint density at radius 2 is 2.00 bits per heavy atom. The van der Waals surface area contributed by atoms with Gasteiger partial charge in [-0.3, -0.25) is 4.99 Å². The summed E-state index contributed by atoms with van der Waals surface area (Å²) >= 11 is 8.23. The molecule has 2 aliphatic rings. The molecule has 2 aliphatic heterocycles. The molecule has 0 unspecified atom stereocenters. The van der Waals surface area contributed by atoms with Crippen molar-refractivity contribution in [3.8, 4) is 0 Å². The van der Waals surface area contributed by atoms with E-state index in [9.17, 15) is 0 Å². The number of hydrogen-bond acceptors (Lipinski definition) is 3. The number of nitrogens with zero attached hydrogens (tertiary/aromatic N) is 1. The van der Waals surface area contributed by atoms with Gasteiger partial charge in [0.25, 0.3) is 0 Å². The normalized spacial score (nSPS) is 19.4. The Morgan fingerprint density at radius 3 is 2.79 bits per heavy atom. The van der Waals surface area contributed by atoms with E-state index in [0.717, 1.165) is 35.9 Å². The molecule has 0 bridgehead atoms. The Hall–Kier alpha value is -1.49. The standard InChI is InChI=1S/C23H27ClN2OS/c1-27-11-8-18-5-3-6-19-15-23(9-12-28-13-10-23)22(26-21(18)19)25-16-17-4-2-7-20(24)14-17/h2-7,14H,8-13,15-16H2,1H3,(H,25,26). The van der Waals surface area contributed by atoms with Gasteiger partial charge in [-0.2, -0.15) is 11.8 Å². The van der Waals surface area contributed by atoms with E-state index >= 15 is 0 Å². The van der Waals surface area contributed by atoms with Crippen LogP contribution >= 0.6 is 23.4 Å². The van der Waals surface area contributed by atoms with Crippen LogP contribution in [0.15, 0.2) is 47.5 Å². The second-order valence-electron chi connectivity index (χ2n) is 7.68. The number of hydrogen-bond donors (Lipinski definition) is 1. The van der Waals surface area contributed by atoms with Gasteiger partial charge in [-0.1, -0.05) is 41.9 Å². The van der Waals surface area contributed by atoms with Crippen molar-refractivity contribution in [2.24, 2.45) is 10.4 Å². The van der Waals surface area contributed by atoms with E-state index < -0.39 is 0 Å². The van der Waals surface area contributed by atoms with Crippen LogP contribution in [-0.2, 0) is 24.1 Å². The number of thioether (sulfide) groups is 1. The topological polar surface area (TPSA) is 33.6 Å². The quantitative estimate of drug-likeness (QED) is 0.690. The van der Waals surface area contributed by atoms with Gasteiger partial charge in [0.2, 0.25) is 0 Å². The molecular formula is C23H27ClN2OS. The summed E-state index contributed by atoms with van der Waals surface area (Å²) in [6.07, 6.45) is 4.35. The minimum Gasteiger partial charge on any atom is -0.384 e. The zero-order chi connectivity index (χ0) is 19.4. The van der Waals surface area contributed by atoms with Crippen LogP contribution in [0.2, 0.25) is 5.02 Å². The van der Waals surface area contributed by atoms with Crippen LogP contribution < -0.4 is 5.32 Å². The van der Waals surface area contributed by atoms with Gasteiger partial charge in [-0.15, -0.1) is 0 Å². The number of nitrogens with one attached hydrogen (secondary N) is 1. The Labute approximate surface area is 176 Å². The number of halogens is 1. The number of para-hydroxylation sites is 1. The number of anilines is 1. The molecule has 3 nitrogen and oxygen atoms in total. The Morgan fingerprint density at radius 1 is 1.18 bits per heavy atom. The van der Waals surface area contributed by atoms with Gasteiger partial charge in [0.1, 0.15) is 5.84 Å². The van der Waals surface area contributed by atoms with Crippen molar-refractivity contribution in [3.05, 3.63) is 64.2 Å². The molecule has 0 amide bonds. The van der Waals surface area contributed by atoms with Crippen molar-refractivity contribution in [3.63, 3.8) is 0 Å². The van der Waals surface area contributed by atoms with Crippen molar-refractivity contribution >= 4 is 34.9 Å². The van der Waals surface area contributed by atoms with Crippen LogP contribution in [0, 0.1) is 5.41 Å².